The Morgan fingerprint density at radius 3 is 2.31 bits per heavy atom. The lowest BCUT2D eigenvalue weighted by Crippen LogP contribution is -2.48. The van der Waals surface area contributed by atoms with Gasteiger partial charge >= 0.3 is 0 Å². The van der Waals surface area contributed by atoms with Crippen molar-refractivity contribution in [1.82, 2.24) is 4.31 Å². The van der Waals surface area contributed by atoms with Crippen molar-refractivity contribution in [3.05, 3.63) is 64.6 Å². The van der Waals surface area contributed by atoms with Crippen LogP contribution in [0.4, 0.5) is 11.4 Å². The number of amides is 1. The molecule has 0 bridgehead atoms. The number of rotatable bonds is 5. The van der Waals surface area contributed by atoms with E-state index in [1.807, 2.05) is 54.6 Å². The van der Waals surface area contributed by atoms with E-state index in [0.717, 1.165) is 20.9 Å². The Hall–Kier alpha value is -2.62. The van der Waals surface area contributed by atoms with E-state index < -0.39 is 10.0 Å². The van der Waals surface area contributed by atoms with Crippen molar-refractivity contribution in [3.63, 3.8) is 0 Å². The van der Waals surface area contributed by atoms with Gasteiger partial charge in [0, 0.05) is 37.6 Å². The lowest BCUT2D eigenvalue weighted by molar-refractivity contribution is 0.102. The fourth-order valence-corrected chi connectivity index (χ4v) is 5.45. The largest absolute Gasteiger partial charge is 0.495 e. The molecule has 1 aliphatic rings. The van der Waals surface area contributed by atoms with Crippen molar-refractivity contribution in [2.24, 2.45) is 0 Å². The van der Waals surface area contributed by atoms with Crippen LogP contribution >= 0.6 is 15.9 Å². The number of anilines is 2. The van der Waals surface area contributed by atoms with Gasteiger partial charge in [0.2, 0.25) is 10.0 Å². The van der Waals surface area contributed by atoms with Crippen molar-refractivity contribution < 1.29 is 17.9 Å². The summed E-state index contributed by atoms with van der Waals surface area (Å²) in [6, 6.07) is 17.2. The summed E-state index contributed by atoms with van der Waals surface area (Å²) >= 11 is 3.56. The molecule has 1 amide bonds. The third kappa shape index (κ3) is 4.60. The molecule has 1 fully saturated rings. The molecule has 0 saturated carbocycles. The third-order valence-corrected chi connectivity index (χ3v) is 7.68. The fourth-order valence-electron chi connectivity index (χ4n) is 3.88. The van der Waals surface area contributed by atoms with Crippen LogP contribution in [-0.2, 0) is 10.0 Å². The number of carbonyl (C=O) groups is 1. The number of nitrogens with zero attached hydrogens (tertiary/aromatic N) is 2. The number of piperazine rings is 1. The number of carbonyl (C=O) groups excluding carboxylic acids is 1. The summed E-state index contributed by atoms with van der Waals surface area (Å²) in [5.41, 5.74) is 2.10. The van der Waals surface area contributed by atoms with Gasteiger partial charge in [-0.3, -0.25) is 4.79 Å². The monoisotopic (exact) mass is 517 g/mol. The summed E-state index contributed by atoms with van der Waals surface area (Å²) < 4.78 is 31.1. The van der Waals surface area contributed by atoms with Crippen molar-refractivity contribution in [1.29, 1.82) is 0 Å². The molecular weight excluding hydrogens is 494 g/mol. The first kappa shape index (κ1) is 22.6. The highest BCUT2D eigenvalue weighted by Gasteiger charge is 2.23. The van der Waals surface area contributed by atoms with E-state index in [1.54, 1.807) is 7.11 Å². The third-order valence-electron chi connectivity index (χ3n) is 5.59. The van der Waals surface area contributed by atoms with E-state index in [4.69, 9.17) is 4.74 Å². The van der Waals surface area contributed by atoms with Gasteiger partial charge in [-0.25, -0.2) is 8.42 Å². The minimum Gasteiger partial charge on any atom is -0.495 e. The first-order chi connectivity index (χ1) is 15.3. The van der Waals surface area contributed by atoms with Gasteiger partial charge in [-0.05, 0) is 57.0 Å². The maximum absolute atomic E-state index is 13.0. The van der Waals surface area contributed by atoms with Crippen LogP contribution < -0.4 is 15.0 Å². The van der Waals surface area contributed by atoms with Crippen LogP contribution in [0.1, 0.15) is 10.4 Å². The van der Waals surface area contributed by atoms with Crippen molar-refractivity contribution in [3.8, 4) is 5.75 Å². The molecule has 4 rings (SSSR count). The molecule has 7 nitrogen and oxygen atoms in total. The molecule has 3 aromatic carbocycles. The van der Waals surface area contributed by atoms with Gasteiger partial charge in [0.05, 0.1) is 23.4 Å². The predicted molar refractivity (Wildman–Crippen MR) is 131 cm³/mol. The summed E-state index contributed by atoms with van der Waals surface area (Å²) in [4.78, 5) is 15.2. The van der Waals surface area contributed by atoms with Gasteiger partial charge < -0.3 is 15.0 Å². The zero-order valence-corrected chi connectivity index (χ0v) is 20.2. The standard InChI is InChI=1S/C23H24BrN3O4S/c1-31-22-20(15-16-5-3-4-6-19(16)21(22)24)23(28)25-17-7-9-18(10-8-17)26-11-13-27(14-12-26)32(2,29)30/h3-10,15H,11-14H2,1-2H3,(H,25,28). The molecular formula is C23H24BrN3O4S. The van der Waals surface area contributed by atoms with Crippen LogP contribution in [0.15, 0.2) is 59.1 Å². The fraction of sp³-hybridized carbons (Fsp3) is 0.261. The second-order valence-electron chi connectivity index (χ2n) is 7.64. The summed E-state index contributed by atoms with van der Waals surface area (Å²) in [5, 5.41) is 4.85. The average Bonchev–Trinajstić information content (AvgIpc) is 2.79. The number of hydrogen-bond acceptors (Lipinski definition) is 5. The van der Waals surface area contributed by atoms with Gasteiger partial charge in [-0.1, -0.05) is 24.3 Å². The van der Waals surface area contributed by atoms with Crippen LogP contribution in [0.5, 0.6) is 5.75 Å². The van der Waals surface area contributed by atoms with Crippen LogP contribution in [0.2, 0.25) is 0 Å². The zero-order valence-electron chi connectivity index (χ0n) is 17.8. The molecule has 0 spiro atoms. The number of halogens is 1. The summed E-state index contributed by atoms with van der Waals surface area (Å²) in [6.45, 7) is 2.18. The Balaban J connectivity index is 1.49. The van der Waals surface area contributed by atoms with Gasteiger partial charge in [0.25, 0.3) is 5.91 Å². The maximum atomic E-state index is 13.0. The number of methoxy groups -OCH3 is 1. The van der Waals surface area contributed by atoms with Gasteiger partial charge in [-0.15, -0.1) is 0 Å². The first-order valence-electron chi connectivity index (χ1n) is 10.1. The Kier molecular flexibility index (Phi) is 6.41. The Bertz CT molecular complexity index is 1250. The minimum absolute atomic E-state index is 0.261. The Labute approximate surface area is 196 Å². The number of nitrogens with one attached hydrogen (secondary N) is 1. The second kappa shape index (κ2) is 9.09. The molecule has 0 unspecified atom stereocenters. The lowest BCUT2D eigenvalue weighted by atomic mass is 10.0. The van der Waals surface area contributed by atoms with E-state index in [9.17, 15) is 13.2 Å². The molecule has 9 heteroatoms. The molecule has 0 atom stereocenters. The van der Waals surface area contributed by atoms with Crippen LogP contribution in [0, 0.1) is 0 Å². The molecule has 1 heterocycles. The first-order valence-corrected chi connectivity index (χ1v) is 12.8. The quantitative estimate of drug-likeness (QED) is 0.554. The smallest absolute Gasteiger partial charge is 0.259 e. The van der Waals surface area contributed by atoms with E-state index in [1.165, 1.54) is 10.6 Å². The Morgan fingerprint density at radius 1 is 1.03 bits per heavy atom. The van der Waals surface area contributed by atoms with Crippen molar-refractivity contribution in [2.45, 2.75) is 0 Å². The summed E-state index contributed by atoms with van der Waals surface area (Å²) in [6.07, 6.45) is 1.24. The van der Waals surface area contributed by atoms with Gasteiger partial charge in [0.1, 0.15) is 5.75 Å². The number of fused-ring (bicyclic) bond motifs is 1. The molecule has 32 heavy (non-hydrogen) atoms. The van der Waals surface area contributed by atoms with Crippen LogP contribution in [0.25, 0.3) is 10.8 Å². The topological polar surface area (TPSA) is 79.0 Å². The van der Waals surface area contributed by atoms with Crippen molar-refractivity contribution >= 4 is 54.0 Å². The molecule has 0 radical (unpaired) electrons. The molecule has 1 saturated heterocycles. The summed E-state index contributed by atoms with van der Waals surface area (Å²) in [7, 11) is -1.61. The van der Waals surface area contributed by atoms with Crippen molar-refractivity contribution in [2.75, 3.05) is 49.8 Å². The molecule has 1 aliphatic heterocycles. The highest BCUT2D eigenvalue weighted by Crippen LogP contribution is 2.37. The highest BCUT2D eigenvalue weighted by atomic mass is 79.9. The number of sulfonamides is 1. The van der Waals surface area contributed by atoms with E-state index in [-0.39, 0.29) is 5.91 Å². The predicted octanol–water partition coefficient (Wildman–Crippen LogP) is 3.94. The van der Waals surface area contributed by atoms with Gasteiger partial charge in [0.15, 0.2) is 0 Å². The SMILES string of the molecule is COc1c(C(=O)Nc2ccc(N3CCN(S(C)(=O)=O)CC3)cc2)cc2ccccc2c1Br. The normalized spacial score (nSPS) is 15.0. The number of ether oxygens (including phenoxy) is 1. The average molecular weight is 518 g/mol. The van der Waals surface area contributed by atoms with E-state index in [0.29, 0.717) is 43.2 Å². The molecule has 0 aromatic heterocycles. The maximum Gasteiger partial charge on any atom is 0.259 e. The zero-order chi connectivity index (χ0) is 22.9. The number of hydrogen-bond donors (Lipinski definition) is 1. The van der Waals surface area contributed by atoms with E-state index in [2.05, 4.69) is 26.1 Å². The summed E-state index contributed by atoms with van der Waals surface area (Å²) in [5.74, 6) is 0.226. The highest BCUT2D eigenvalue weighted by molar-refractivity contribution is 9.10. The molecule has 1 N–H and O–H groups in total. The Morgan fingerprint density at radius 2 is 1.69 bits per heavy atom. The van der Waals surface area contributed by atoms with Gasteiger partial charge in [-0.2, -0.15) is 4.31 Å². The van der Waals surface area contributed by atoms with Crippen LogP contribution in [-0.4, -0.2) is 58.2 Å². The minimum atomic E-state index is -3.16. The van der Waals surface area contributed by atoms with E-state index >= 15 is 0 Å². The molecule has 0 aliphatic carbocycles. The lowest BCUT2D eigenvalue weighted by Gasteiger charge is -2.34. The molecule has 3 aromatic rings. The van der Waals surface area contributed by atoms with Crippen LogP contribution in [0.3, 0.4) is 0 Å². The number of benzene rings is 3. The molecule has 168 valence electrons. The second-order valence-corrected chi connectivity index (χ2v) is 10.4.